The van der Waals surface area contributed by atoms with Crippen molar-refractivity contribution in [3.05, 3.63) is 17.5 Å². The number of hydrogen-bond acceptors (Lipinski definition) is 2. The van der Waals surface area contributed by atoms with E-state index in [0.717, 1.165) is 24.2 Å². The molecule has 70 valence electrons. The molecule has 1 rings (SSSR count). The van der Waals surface area contributed by atoms with Gasteiger partial charge in [0.25, 0.3) is 0 Å². The lowest BCUT2D eigenvalue weighted by molar-refractivity contribution is 0.756. The van der Waals surface area contributed by atoms with Crippen LogP contribution in [0, 0.1) is 18.8 Å². The molecule has 0 amide bonds. The van der Waals surface area contributed by atoms with Crippen molar-refractivity contribution in [2.75, 3.05) is 13.6 Å². The van der Waals surface area contributed by atoms with Crippen LogP contribution in [-0.4, -0.2) is 23.4 Å². The zero-order chi connectivity index (χ0) is 9.68. The third kappa shape index (κ3) is 2.92. The minimum absolute atomic E-state index is 0.880. The van der Waals surface area contributed by atoms with Gasteiger partial charge in [-0.15, -0.1) is 0 Å². The van der Waals surface area contributed by atoms with Crippen LogP contribution >= 0.6 is 0 Å². The first-order valence-corrected chi connectivity index (χ1v) is 4.37. The van der Waals surface area contributed by atoms with Crippen LogP contribution in [0.3, 0.4) is 0 Å². The van der Waals surface area contributed by atoms with Crippen molar-refractivity contribution in [1.82, 2.24) is 15.1 Å². The molecular weight excluding hydrogens is 162 g/mol. The number of nitrogens with zero attached hydrogens (tertiary/aromatic N) is 2. The quantitative estimate of drug-likeness (QED) is 0.532. The van der Waals surface area contributed by atoms with E-state index in [1.54, 1.807) is 4.68 Å². The smallest absolute Gasteiger partial charge is 0.0750 e. The minimum Gasteiger partial charge on any atom is -0.319 e. The summed E-state index contributed by atoms with van der Waals surface area (Å²) in [5.74, 6) is 6.19. The van der Waals surface area contributed by atoms with Crippen LogP contribution in [0.25, 0.3) is 0 Å². The van der Waals surface area contributed by atoms with Gasteiger partial charge in [0.1, 0.15) is 0 Å². The highest BCUT2D eigenvalue weighted by Crippen LogP contribution is 2.01. The standard InChI is InChI=1S/C10H15N3/c1-9-10(8-13(3)12-9)6-4-5-7-11-2/h8,11H,5,7H2,1-3H3. The average Bonchev–Trinajstić information content (AvgIpc) is 2.39. The molecule has 1 aromatic heterocycles. The van der Waals surface area contributed by atoms with Crippen molar-refractivity contribution in [2.45, 2.75) is 13.3 Å². The lowest BCUT2D eigenvalue weighted by Gasteiger charge is -1.87. The van der Waals surface area contributed by atoms with E-state index < -0.39 is 0 Å². The molecular formula is C10H15N3. The lowest BCUT2D eigenvalue weighted by Crippen LogP contribution is -2.05. The van der Waals surface area contributed by atoms with Crippen molar-refractivity contribution in [3.8, 4) is 11.8 Å². The summed E-state index contributed by atoms with van der Waals surface area (Å²) in [6, 6.07) is 0. The Morgan fingerprint density at radius 2 is 2.38 bits per heavy atom. The molecule has 0 saturated heterocycles. The summed E-state index contributed by atoms with van der Waals surface area (Å²) < 4.78 is 1.79. The van der Waals surface area contributed by atoms with E-state index in [-0.39, 0.29) is 0 Å². The summed E-state index contributed by atoms with van der Waals surface area (Å²) >= 11 is 0. The van der Waals surface area contributed by atoms with Gasteiger partial charge in [-0.1, -0.05) is 11.8 Å². The highest BCUT2D eigenvalue weighted by Gasteiger charge is 1.97. The minimum atomic E-state index is 0.880. The van der Waals surface area contributed by atoms with Crippen LogP contribution in [0.5, 0.6) is 0 Å². The summed E-state index contributed by atoms with van der Waals surface area (Å²) in [7, 11) is 3.84. The first-order valence-electron chi connectivity index (χ1n) is 4.37. The second-order valence-corrected chi connectivity index (χ2v) is 2.96. The molecule has 0 bridgehead atoms. The molecule has 0 radical (unpaired) electrons. The normalized spacial score (nSPS) is 9.46. The van der Waals surface area contributed by atoms with Crippen molar-refractivity contribution in [1.29, 1.82) is 0 Å². The maximum Gasteiger partial charge on any atom is 0.0750 e. The van der Waals surface area contributed by atoms with E-state index in [2.05, 4.69) is 22.3 Å². The van der Waals surface area contributed by atoms with Crippen LogP contribution in [0.1, 0.15) is 17.7 Å². The topological polar surface area (TPSA) is 29.9 Å². The van der Waals surface area contributed by atoms with Crippen molar-refractivity contribution < 1.29 is 0 Å². The molecule has 0 saturated carbocycles. The Morgan fingerprint density at radius 3 is 2.92 bits per heavy atom. The van der Waals surface area contributed by atoms with Crippen LogP contribution in [0.15, 0.2) is 6.20 Å². The van der Waals surface area contributed by atoms with E-state index in [1.807, 2.05) is 27.2 Å². The van der Waals surface area contributed by atoms with E-state index >= 15 is 0 Å². The Labute approximate surface area is 79.1 Å². The van der Waals surface area contributed by atoms with Gasteiger partial charge in [-0.3, -0.25) is 4.68 Å². The van der Waals surface area contributed by atoms with Crippen molar-refractivity contribution >= 4 is 0 Å². The van der Waals surface area contributed by atoms with E-state index in [0.29, 0.717) is 0 Å². The fraction of sp³-hybridized carbons (Fsp3) is 0.500. The fourth-order valence-electron chi connectivity index (χ4n) is 1.07. The molecule has 0 unspecified atom stereocenters. The molecule has 1 aromatic rings. The van der Waals surface area contributed by atoms with Gasteiger partial charge in [0.15, 0.2) is 0 Å². The number of rotatable bonds is 2. The number of aromatic nitrogens is 2. The van der Waals surface area contributed by atoms with Crippen LogP contribution in [-0.2, 0) is 7.05 Å². The van der Waals surface area contributed by atoms with Crippen LogP contribution in [0.2, 0.25) is 0 Å². The van der Waals surface area contributed by atoms with E-state index in [4.69, 9.17) is 0 Å². The maximum atomic E-state index is 4.21. The predicted molar refractivity (Wildman–Crippen MR) is 53.4 cm³/mol. The molecule has 0 aliphatic carbocycles. The first kappa shape index (κ1) is 9.82. The Morgan fingerprint density at radius 1 is 1.62 bits per heavy atom. The van der Waals surface area contributed by atoms with Gasteiger partial charge >= 0.3 is 0 Å². The zero-order valence-electron chi connectivity index (χ0n) is 8.39. The number of nitrogens with one attached hydrogen (secondary N) is 1. The number of hydrogen-bond donors (Lipinski definition) is 1. The largest absolute Gasteiger partial charge is 0.319 e. The highest BCUT2D eigenvalue weighted by molar-refractivity contribution is 5.35. The Hall–Kier alpha value is -1.27. The predicted octanol–water partition coefficient (Wildman–Crippen LogP) is 0.690. The van der Waals surface area contributed by atoms with E-state index in [9.17, 15) is 0 Å². The third-order valence-electron chi connectivity index (χ3n) is 1.74. The third-order valence-corrected chi connectivity index (χ3v) is 1.74. The maximum absolute atomic E-state index is 4.21. The Kier molecular flexibility index (Phi) is 3.53. The summed E-state index contributed by atoms with van der Waals surface area (Å²) in [4.78, 5) is 0. The lowest BCUT2D eigenvalue weighted by atomic mass is 10.2. The van der Waals surface area contributed by atoms with Gasteiger partial charge in [0, 0.05) is 26.2 Å². The molecule has 13 heavy (non-hydrogen) atoms. The second-order valence-electron chi connectivity index (χ2n) is 2.96. The van der Waals surface area contributed by atoms with Crippen molar-refractivity contribution in [2.24, 2.45) is 7.05 Å². The second kappa shape index (κ2) is 4.68. The first-order chi connectivity index (χ1) is 6.24. The van der Waals surface area contributed by atoms with Gasteiger partial charge in [0.2, 0.25) is 0 Å². The SMILES string of the molecule is CNCCC#Cc1cn(C)nc1C. The molecule has 1 heterocycles. The molecule has 0 spiro atoms. The summed E-state index contributed by atoms with van der Waals surface area (Å²) in [5.41, 5.74) is 2.03. The molecule has 3 heteroatoms. The molecule has 0 aromatic carbocycles. The van der Waals surface area contributed by atoms with Crippen molar-refractivity contribution in [3.63, 3.8) is 0 Å². The summed E-state index contributed by atoms with van der Waals surface area (Å²) in [6.45, 7) is 2.91. The highest BCUT2D eigenvalue weighted by atomic mass is 15.2. The van der Waals surface area contributed by atoms with Gasteiger partial charge in [0.05, 0.1) is 11.3 Å². The van der Waals surface area contributed by atoms with Gasteiger partial charge < -0.3 is 5.32 Å². The molecule has 3 nitrogen and oxygen atoms in total. The Balaban J connectivity index is 2.60. The van der Waals surface area contributed by atoms with Crippen LogP contribution in [0.4, 0.5) is 0 Å². The average molecular weight is 177 g/mol. The molecule has 0 aliphatic rings. The molecule has 1 N–H and O–H groups in total. The van der Waals surface area contributed by atoms with Gasteiger partial charge in [-0.2, -0.15) is 5.10 Å². The van der Waals surface area contributed by atoms with Gasteiger partial charge in [-0.25, -0.2) is 0 Å². The summed E-state index contributed by atoms with van der Waals surface area (Å²) in [6.07, 6.45) is 2.83. The van der Waals surface area contributed by atoms with Crippen LogP contribution < -0.4 is 5.32 Å². The molecule has 0 fully saturated rings. The molecule has 0 aliphatic heterocycles. The molecule has 0 atom stereocenters. The number of aryl methyl sites for hydroxylation is 2. The zero-order valence-corrected chi connectivity index (χ0v) is 8.39. The Bertz CT molecular complexity index is 328. The summed E-state index contributed by atoms with van der Waals surface area (Å²) in [5, 5.41) is 7.26. The van der Waals surface area contributed by atoms with E-state index in [1.165, 1.54) is 0 Å². The fourth-order valence-corrected chi connectivity index (χ4v) is 1.07. The van der Waals surface area contributed by atoms with Gasteiger partial charge in [-0.05, 0) is 14.0 Å². The monoisotopic (exact) mass is 177 g/mol.